The van der Waals surface area contributed by atoms with E-state index in [0.717, 1.165) is 12.8 Å². The summed E-state index contributed by atoms with van der Waals surface area (Å²) >= 11 is 6.86. The number of hydrogen-bond acceptors (Lipinski definition) is 2. The lowest BCUT2D eigenvalue weighted by atomic mass is 10.3. The second-order valence-electron chi connectivity index (χ2n) is 3.34. The van der Waals surface area contributed by atoms with E-state index in [1.165, 1.54) is 0 Å². The maximum absolute atomic E-state index is 11.1. The van der Waals surface area contributed by atoms with Crippen LogP contribution in [-0.4, -0.2) is 14.8 Å². The molecule has 0 aliphatic heterocycles. The molecule has 1 fully saturated rings. The van der Waals surface area contributed by atoms with E-state index in [2.05, 4.69) is 31.9 Å². The summed E-state index contributed by atoms with van der Waals surface area (Å²) in [6.07, 6.45) is 2.17. The number of rotatable bonds is 3. The average molecular weight is 300 g/mol. The van der Waals surface area contributed by atoms with Gasteiger partial charge in [0.25, 0.3) is 0 Å². The fourth-order valence-electron chi connectivity index (χ4n) is 0.997. The molecular weight excluding hydrogens is 288 g/mol. The van der Waals surface area contributed by atoms with Crippen molar-refractivity contribution in [3.8, 4) is 0 Å². The zero-order valence-electron chi connectivity index (χ0n) is 7.19. The number of carbonyl (C=O) groups excluding carboxylic acids is 1. The van der Waals surface area contributed by atoms with Crippen LogP contribution in [0.1, 0.15) is 33.1 Å². The van der Waals surface area contributed by atoms with Crippen molar-refractivity contribution in [2.75, 3.05) is 0 Å². The number of ether oxygens (including phenoxy) is 1. The molecule has 0 aromatic rings. The van der Waals surface area contributed by atoms with Crippen molar-refractivity contribution in [1.29, 1.82) is 0 Å². The van der Waals surface area contributed by atoms with Gasteiger partial charge in [0.05, 0.1) is 0 Å². The highest BCUT2D eigenvalue weighted by atomic mass is 79.9. The van der Waals surface area contributed by atoms with E-state index in [9.17, 15) is 4.79 Å². The third kappa shape index (κ3) is 2.02. The Morgan fingerprint density at radius 2 is 2.08 bits per heavy atom. The predicted octanol–water partition coefficient (Wildman–Crippen LogP) is 2.98. The highest BCUT2D eigenvalue weighted by molar-refractivity contribution is 9.25. The lowest BCUT2D eigenvalue weighted by Crippen LogP contribution is -2.21. The third-order valence-corrected chi connectivity index (χ3v) is 4.24. The molecule has 0 aromatic carbocycles. The summed E-state index contributed by atoms with van der Waals surface area (Å²) in [7, 11) is 0. The van der Waals surface area contributed by atoms with Crippen molar-refractivity contribution in [1.82, 2.24) is 0 Å². The SMILES string of the molecule is CCCC(=O)OC1(C)CC1(Br)Br. The number of halogens is 2. The molecule has 0 radical (unpaired) electrons. The highest BCUT2D eigenvalue weighted by Crippen LogP contribution is 2.61. The van der Waals surface area contributed by atoms with E-state index in [0.29, 0.717) is 6.42 Å². The van der Waals surface area contributed by atoms with Gasteiger partial charge in [-0.3, -0.25) is 4.79 Å². The van der Waals surface area contributed by atoms with Crippen molar-refractivity contribution in [3.05, 3.63) is 0 Å². The molecule has 1 aliphatic rings. The lowest BCUT2D eigenvalue weighted by molar-refractivity contribution is -0.150. The molecule has 1 aliphatic carbocycles. The maximum atomic E-state index is 11.1. The molecule has 0 aromatic heterocycles. The first kappa shape index (κ1) is 10.5. The summed E-state index contributed by atoms with van der Waals surface area (Å²) < 4.78 is 5.09. The Morgan fingerprint density at radius 1 is 1.58 bits per heavy atom. The number of alkyl halides is 2. The van der Waals surface area contributed by atoms with E-state index >= 15 is 0 Å². The molecule has 0 saturated heterocycles. The summed E-state index contributed by atoms with van der Waals surface area (Å²) in [6, 6.07) is 0. The quantitative estimate of drug-likeness (QED) is 0.591. The van der Waals surface area contributed by atoms with Gasteiger partial charge >= 0.3 is 5.97 Å². The molecule has 1 rings (SSSR count). The second kappa shape index (κ2) is 3.29. The summed E-state index contributed by atoms with van der Waals surface area (Å²) in [6.45, 7) is 3.88. The summed E-state index contributed by atoms with van der Waals surface area (Å²) in [5.74, 6) is -0.110. The van der Waals surface area contributed by atoms with Gasteiger partial charge in [-0.15, -0.1) is 0 Å². The van der Waals surface area contributed by atoms with E-state index in [1.807, 2.05) is 13.8 Å². The van der Waals surface area contributed by atoms with Crippen LogP contribution in [0.5, 0.6) is 0 Å². The van der Waals surface area contributed by atoms with Gasteiger partial charge in [-0.25, -0.2) is 0 Å². The smallest absolute Gasteiger partial charge is 0.306 e. The standard InChI is InChI=1S/C8H12Br2O2/c1-3-4-6(11)12-7(2)5-8(7,9)10/h3-5H2,1-2H3. The first-order valence-corrected chi connectivity index (χ1v) is 5.59. The Labute approximate surface area is 89.3 Å². The van der Waals surface area contributed by atoms with Crippen LogP contribution in [0.4, 0.5) is 0 Å². The normalized spacial score (nSPS) is 31.3. The average Bonchev–Trinajstić information content (AvgIpc) is 2.30. The summed E-state index contributed by atoms with van der Waals surface area (Å²) in [5.41, 5.74) is -0.348. The van der Waals surface area contributed by atoms with Gasteiger partial charge in [0, 0.05) is 12.8 Å². The molecule has 70 valence electrons. The van der Waals surface area contributed by atoms with Gasteiger partial charge in [-0.2, -0.15) is 0 Å². The monoisotopic (exact) mass is 298 g/mol. The zero-order valence-corrected chi connectivity index (χ0v) is 10.4. The van der Waals surface area contributed by atoms with Crippen molar-refractivity contribution in [2.45, 2.75) is 41.9 Å². The van der Waals surface area contributed by atoms with Crippen molar-refractivity contribution in [3.63, 3.8) is 0 Å². The Bertz CT molecular complexity index is 203. The van der Waals surface area contributed by atoms with E-state index in [4.69, 9.17) is 4.74 Å². The molecule has 1 unspecified atom stereocenters. The van der Waals surface area contributed by atoms with Gasteiger partial charge in [-0.1, -0.05) is 38.8 Å². The van der Waals surface area contributed by atoms with Crippen LogP contribution in [0.15, 0.2) is 0 Å². The van der Waals surface area contributed by atoms with Crippen LogP contribution < -0.4 is 0 Å². The summed E-state index contributed by atoms with van der Waals surface area (Å²) in [4.78, 5) is 11.1. The van der Waals surface area contributed by atoms with Gasteiger partial charge in [-0.05, 0) is 13.3 Å². The van der Waals surface area contributed by atoms with Crippen LogP contribution in [-0.2, 0) is 9.53 Å². The molecular formula is C8H12Br2O2. The van der Waals surface area contributed by atoms with Gasteiger partial charge in [0.15, 0.2) is 0 Å². The van der Waals surface area contributed by atoms with Gasteiger partial charge in [0.1, 0.15) is 8.83 Å². The second-order valence-corrected chi connectivity index (χ2v) is 7.11. The molecule has 4 heteroatoms. The van der Waals surface area contributed by atoms with Crippen molar-refractivity contribution >= 4 is 37.8 Å². The van der Waals surface area contributed by atoms with Crippen LogP contribution in [0, 0.1) is 0 Å². The number of esters is 1. The minimum absolute atomic E-state index is 0.110. The number of carbonyl (C=O) groups is 1. The van der Waals surface area contributed by atoms with Crippen molar-refractivity contribution in [2.24, 2.45) is 0 Å². The largest absolute Gasteiger partial charge is 0.457 e. The molecule has 0 bridgehead atoms. The van der Waals surface area contributed by atoms with Crippen LogP contribution in [0.3, 0.4) is 0 Å². The Morgan fingerprint density at radius 3 is 2.42 bits per heavy atom. The highest BCUT2D eigenvalue weighted by Gasteiger charge is 2.65. The molecule has 12 heavy (non-hydrogen) atoms. The molecule has 2 nitrogen and oxygen atoms in total. The molecule has 1 atom stereocenters. The van der Waals surface area contributed by atoms with E-state index in [-0.39, 0.29) is 14.8 Å². The third-order valence-electron chi connectivity index (χ3n) is 2.00. The van der Waals surface area contributed by atoms with Crippen molar-refractivity contribution < 1.29 is 9.53 Å². The van der Waals surface area contributed by atoms with Crippen LogP contribution in [0.25, 0.3) is 0 Å². The first-order valence-electron chi connectivity index (χ1n) is 4.01. The van der Waals surface area contributed by atoms with E-state index < -0.39 is 0 Å². The molecule has 0 spiro atoms. The fourth-order valence-corrected chi connectivity index (χ4v) is 2.23. The lowest BCUT2D eigenvalue weighted by Gasteiger charge is -2.13. The Hall–Kier alpha value is 0.430. The fraction of sp³-hybridized carbons (Fsp3) is 0.875. The van der Waals surface area contributed by atoms with E-state index in [1.54, 1.807) is 0 Å². The van der Waals surface area contributed by atoms with Crippen LogP contribution >= 0.6 is 31.9 Å². The Kier molecular flexibility index (Phi) is 2.88. The topological polar surface area (TPSA) is 26.3 Å². The van der Waals surface area contributed by atoms with Crippen LogP contribution in [0.2, 0.25) is 0 Å². The minimum Gasteiger partial charge on any atom is -0.457 e. The van der Waals surface area contributed by atoms with Gasteiger partial charge in [0.2, 0.25) is 0 Å². The number of hydrogen-bond donors (Lipinski definition) is 0. The predicted molar refractivity (Wildman–Crippen MR) is 54.6 cm³/mol. The Balaban J connectivity index is 2.38. The maximum Gasteiger partial charge on any atom is 0.306 e. The molecule has 0 amide bonds. The first-order chi connectivity index (χ1) is 5.41. The molecule has 1 saturated carbocycles. The molecule has 0 heterocycles. The molecule has 0 N–H and O–H groups in total. The van der Waals surface area contributed by atoms with Gasteiger partial charge < -0.3 is 4.74 Å². The zero-order chi connectivity index (χ0) is 9.41. The minimum atomic E-state index is -0.348. The summed E-state index contributed by atoms with van der Waals surface area (Å²) in [5, 5.41) is 0.